The molecule has 6 nitrogen and oxygen atoms in total. The van der Waals surface area contributed by atoms with Crippen LogP contribution in [0, 0.1) is 20.8 Å². The number of ether oxygens (including phenoxy) is 2. The summed E-state index contributed by atoms with van der Waals surface area (Å²) in [5, 5.41) is 4.21. The third-order valence-corrected chi connectivity index (χ3v) is 7.10. The first-order valence-electron chi connectivity index (χ1n) is 11.7. The van der Waals surface area contributed by atoms with Gasteiger partial charge in [-0.1, -0.05) is 18.2 Å². The van der Waals surface area contributed by atoms with Crippen LogP contribution in [0.3, 0.4) is 0 Å². The lowest BCUT2D eigenvalue weighted by molar-refractivity contribution is 0.174. The number of pyridine rings is 1. The molecule has 2 atom stereocenters. The maximum Gasteiger partial charge on any atom is 0.231 e. The summed E-state index contributed by atoms with van der Waals surface area (Å²) in [4.78, 5) is 6.86. The zero-order valence-corrected chi connectivity index (χ0v) is 20.7. The minimum absolute atomic E-state index is 0.0949. The highest BCUT2D eigenvalue weighted by molar-refractivity contribution is 7.80. The van der Waals surface area contributed by atoms with E-state index in [-0.39, 0.29) is 18.9 Å². The molecule has 35 heavy (non-hydrogen) atoms. The number of fused-ring (bicyclic) bond motifs is 1. The molecule has 2 aromatic carbocycles. The van der Waals surface area contributed by atoms with Crippen molar-refractivity contribution in [1.82, 2.24) is 14.9 Å². The normalized spacial score (nSPS) is 18.7. The molecule has 2 aromatic heterocycles. The lowest BCUT2D eigenvalue weighted by atomic mass is 9.96. The molecule has 0 amide bonds. The van der Waals surface area contributed by atoms with Gasteiger partial charge in [-0.05, 0) is 86.6 Å². The van der Waals surface area contributed by atoms with E-state index in [0.717, 1.165) is 28.6 Å². The van der Waals surface area contributed by atoms with Crippen LogP contribution in [0.5, 0.6) is 11.5 Å². The van der Waals surface area contributed by atoms with Crippen molar-refractivity contribution in [1.29, 1.82) is 0 Å². The number of thiocarbonyl (C=S) groups is 1. The molecule has 0 saturated carbocycles. The zero-order valence-electron chi connectivity index (χ0n) is 19.9. The van der Waals surface area contributed by atoms with Gasteiger partial charge in [0, 0.05) is 35.0 Å². The maximum atomic E-state index is 5.91. The summed E-state index contributed by atoms with van der Waals surface area (Å²) in [6.07, 6.45) is 1.83. The third kappa shape index (κ3) is 3.63. The average molecular weight is 483 g/mol. The number of hydrogen-bond donors (Lipinski definition) is 1. The molecule has 0 radical (unpaired) electrons. The van der Waals surface area contributed by atoms with Gasteiger partial charge in [0.05, 0.1) is 17.8 Å². The summed E-state index contributed by atoms with van der Waals surface area (Å²) in [6, 6.07) is 22.6. The monoisotopic (exact) mass is 482 g/mol. The summed E-state index contributed by atoms with van der Waals surface area (Å²) in [5.41, 5.74) is 7.84. The van der Waals surface area contributed by atoms with Crippen LogP contribution in [0.15, 0.2) is 72.9 Å². The highest BCUT2D eigenvalue weighted by Gasteiger charge is 2.42. The Labute approximate surface area is 210 Å². The lowest BCUT2D eigenvalue weighted by Crippen LogP contribution is -2.29. The highest BCUT2D eigenvalue weighted by atomic mass is 32.1. The summed E-state index contributed by atoms with van der Waals surface area (Å²) >= 11 is 5.91. The number of aromatic nitrogens is 2. The lowest BCUT2D eigenvalue weighted by Gasteiger charge is -2.28. The Morgan fingerprint density at radius 2 is 1.77 bits per heavy atom. The van der Waals surface area contributed by atoms with Crippen LogP contribution in [-0.2, 0) is 0 Å². The second-order valence-electron chi connectivity index (χ2n) is 9.04. The van der Waals surface area contributed by atoms with Crippen molar-refractivity contribution >= 4 is 23.0 Å². The second-order valence-corrected chi connectivity index (χ2v) is 9.42. The number of nitrogens with one attached hydrogen (secondary N) is 1. The van der Waals surface area contributed by atoms with Gasteiger partial charge in [-0.3, -0.25) is 4.98 Å². The first-order chi connectivity index (χ1) is 17.0. The number of anilines is 1. The molecule has 0 spiro atoms. The molecule has 4 heterocycles. The highest BCUT2D eigenvalue weighted by Crippen LogP contribution is 2.46. The fourth-order valence-corrected chi connectivity index (χ4v) is 5.58. The Morgan fingerprint density at radius 1 is 0.914 bits per heavy atom. The van der Waals surface area contributed by atoms with Gasteiger partial charge >= 0.3 is 0 Å². The van der Waals surface area contributed by atoms with Crippen molar-refractivity contribution in [3.8, 4) is 17.2 Å². The quantitative estimate of drug-likeness (QED) is 0.377. The van der Waals surface area contributed by atoms with Crippen molar-refractivity contribution in [2.45, 2.75) is 32.9 Å². The van der Waals surface area contributed by atoms with Gasteiger partial charge in [-0.25, -0.2) is 0 Å². The molecule has 176 valence electrons. The third-order valence-electron chi connectivity index (χ3n) is 6.78. The summed E-state index contributed by atoms with van der Waals surface area (Å²) < 4.78 is 13.5. The smallest absolute Gasteiger partial charge is 0.231 e. The van der Waals surface area contributed by atoms with E-state index in [2.05, 4.69) is 76.9 Å². The van der Waals surface area contributed by atoms with Crippen molar-refractivity contribution in [3.05, 3.63) is 101 Å². The van der Waals surface area contributed by atoms with Gasteiger partial charge in [-0.2, -0.15) is 0 Å². The Balaban J connectivity index is 1.51. The van der Waals surface area contributed by atoms with E-state index < -0.39 is 0 Å². The van der Waals surface area contributed by atoms with Crippen LogP contribution in [-0.4, -0.2) is 21.5 Å². The summed E-state index contributed by atoms with van der Waals surface area (Å²) in [6.45, 7) is 6.69. The molecule has 0 bridgehead atoms. The van der Waals surface area contributed by atoms with Gasteiger partial charge in [0.2, 0.25) is 6.79 Å². The molecule has 2 aliphatic rings. The van der Waals surface area contributed by atoms with E-state index in [4.69, 9.17) is 21.7 Å². The van der Waals surface area contributed by atoms with E-state index in [1.165, 1.54) is 22.5 Å². The van der Waals surface area contributed by atoms with E-state index in [0.29, 0.717) is 5.11 Å². The molecular formula is C28H26N4O2S. The topological polar surface area (TPSA) is 51.6 Å². The number of aryl methyl sites for hydroxylation is 2. The van der Waals surface area contributed by atoms with Gasteiger partial charge in [0.15, 0.2) is 16.6 Å². The fraction of sp³-hybridized carbons (Fsp3) is 0.214. The van der Waals surface area contributed by atoms with Gasteiger partial charge in [0.1, 0.15) is 0 Å². The van der Waals surface area contributed by atoms with Gasteiger partial charge in [0.25, 0.3) is 0 Å². The molecule has 6 rings (SSSR count). The summed E-state index contributed by atoms with van der Waals surface area (Å²) in [7, 11) is 0. The van der Waals surface area contributed by atoms with Crippen molar-refractivity contribution < 1.29 is 9.47 Å². The SMILES string of the molecule is Cc1cccc(-n2c(C)cc([C@H]3[C@@H](c4ccccn4)NC(=S)N3c3ccc4c(c3)OCO4)c2C)c1. The van der Waals surface area contributed by atoms with E-state index >= 15 is 0 Å². The molecular weight excluding hydrogens is 456 g/mol. The largest absolute Gasteiger partial charge is 0.454 e. The second kappa shape index (κ2) is 8.43. The average Bonchev–Trinajstić information content (AvgIpc) is 3.54. The van der Waals surface area contributed by atoms with Gasteiger partial charge in [-0.15, -0.1) is 0 Å². The Kier molecular flexibility index (Phi) is 5.22. The van der Waals surface area contributed by atoms with Crippen LogP contribution in [0.2, 0.25) is 0 Å². The van der Waals surface area contributed by atoms with Crippen LogP contribution in [0.25, 0.3) is 5.69 Å². The molecule has 7 heteroatoms. The molecule has 4 aromatic rings. The minimum Gasteiger partial charge on any atom is -0.454 e. The summed E-state index contributed by atoms with van der Waals surface area (Å²) in [5.74, 6) is 1.48. The molecule has 2 aliphatic heterocycles. The van der Waals surface area contributed by atoms with E-state index in [1.807, 2.05) is 36.5 Å². The van der Waals surface area contributed by atoms with Gasteiger partial charge < -0.3 is 24.3 Å². The first kappa shape index (κ1) is 21.7. The Bertz CT molecular complexity index is 1430. The van der Waals surface area contributed by atoms with Crippen LogP contribution in [0.1, 0.15) is 40.3 Å². The van der Waals surface area contributed by atoms with Crippen LogP contribution in [0.4, 0.5) is 5.69 Å². The first-order valence-corrected chi connectivity index (χ1v) is 12.1. The van der Waals surface area contributed by atoms with Crippen molar-refractivity contribution in [2.75, 3.05) is 11.7 Å². The molecule has 1 fully saturated rings. The van der Waals surface area contributed by atoms with Crippen LogP contribution < -0.4 is 19.7 Å². The minimum atomic E-state index is -0.111. The molecule has 1 saturated heterocycles. The standard InChI is InChI=1S/C28H26N4O2S/c1-17-7-6-8-20(13-17)31-18(2)14-22(19(31)3)27-26(23-9-4-5-12-29-23)30-28(35)32(27)21-10-11-24-25(15-21)34-16-33-24/h4-15,26-27H,16H2,1-3H3,(H,30,35)/t26-,27+/m1/s1. The molecule has 0 unspecified atom stereocenters. The number of benzene rings is 2. The van der Waals surface area contributed by atoms with Crippen molar-refractivity contribution in [2.24, 2.45) is 0 Å². The van der Waals surface area contributed by atoms with E-state index in [9.17, 15) is 0 Å². The molecule has 0 aliphatic carbocycles. The fourth-order valence-electron chi connectivity index (χ4n) is 5.24. The van der Waals surface area contributed by atoms with Crippen molar-refractivity contribution in [3.63, 3.8) is 0 Å². The number of nitrogens with zero attached hydrogens (tertiary/aromatic N) is 3. The van der Waals surface area contributed by atoms with E-state index in [1.54, 1.807) is 0 Å². The Hall–Kier alpha value is -3.84. The predicted octanol–water partition coefficient (Wildman–Crippen LogP) is 5.70. The number of hydrogen-bond acceptors (Lipinski definition) is 4. The maximum absolute atomic E-state index is 5.91. The Morgan fingerprint density at radius 3 is 2.57 bits per heavy atom. The molecule has 1 N–H and O–H groups in total. The van der Waals surface area contributed by atoms with Crippen LogP contribution >= 0.6 is 12.2 Å². The number of rotatable bonds is 4. The predicted molar refractivity (Wildman–Crippen MR) is 140 cm³/mol. The zero-order chi connectivity index (χ0) is 24.1.